The van der Waals surface area contributed by atoms with Crippen molar-refractivity contribution in [2.75, 3.05) is 0 Å². The number of hydrogen-bond donors (Lipinski definition) is 3. The van der Waals surface area contributed by atoms with Crippen LogP contribution in [0.4, 0.5) is 0 Å². The molecule has 0 spiro atoms. The van der Waals surface area contributed by atoms with Crippen LogP contribution in [0.1, 0.15) is 19.3 Å². The van der Waals surface area contributed by atoms with Gasteiger partial charge in [-0.05, 0) is 0 Å². The minimum absolute atomic E-state index is 0. The molecule has 0 rings (SSSR count). The van der Waals surface area contributed by atoms with Gasteiger partial charge < -0.3 is 74.7 Å². The molecule has 0 bridgehead atoms. The van der Waals surface area contributed by atoms with Crippen LogP contribution < -0.4 is 30.6 Å². The predicted octanol–water partition coefficient (Wildman–Crippen LogP) is -11.3. The Bertz CT molecular complexity index is 473. The van der Waals surface area contributed by atoms with E-state index in [-0.39, 0.29) is 34.1 Å². The summed E-state index contributed by atoms with van der Waals surface area (Å²) in [5, 5.41) is 82.0. The summed E-state index contributed by atoms with van der Waals surface area (Å²) < 4.78 is 0. The first-order valence-electron chi connectivity index (χ1n) is 6.38. The van der Waals surface area contributed by atoms with Crippen molar-refractivity contribution in [2.24, 2.45) is 0 Å². The van der Waals surface area contributed by atoms with Crippen molar-refractivity contribution in [2.45, 2.75) is 37.6 Å². The number of carbonyl (C=O) groups excluding carboxylic acids is 6. The third-order valence-electron chi connectivity index (χ3n) is 1.90. The molecule has 0 aliphatic heterocycles. The van der Waals surface area contributed by atoms with Crippen molar-refractivity contribution in [1.29, 1.82) is 0 Å². The van der Waals surface area contributed by atoms with Gasteiger partial charge in [0.05, 0.1) is 36.2 Å². The van der Waals surface area contributed by atoms with Gasteiger partial charge in [-0.15, -0.1) is 0 Å². The maximum Gasteiger partial charge on any atom is 3.00 e. The Hall–Kier alpha value is -2.26. The molecular weight excluding hydrogens is 496 g/mol. The van der Waals surface area contributed by atoms with E-state index in [0.717, 1.165) is 0 Å². The van der Waals surface area contributed by atoms with Crippen molar-refractivity contribution in [3.63, 3.8) is 0 Å². The van der Waals surface area contributed by atoms with Gasteiger partial charge >= 0.3 is 34.1 Å². The van der Waals surface area contributed by atoms with E-state index in [9.17, 15) is 59.4 Å². The van der Waals surface area contributed by atoms with Gasteiger partial charge in [-0.1, -0.05) is 0 Å². The number of carboxylic acids is 6. The van der Waals surface area contributed by atoms with Crippen LogP contribution in [0.3, 0.4) is 0 Å². The third-order valence-corrected chi connectivity index (χ3v) is 1.90. The monoisotopic (exact) mass is 508 g/mol. The van der Waals surface area contributed by atoms with Gasteiger partial charge in [-0.3, -0.25) is 0 Å². The Morgan fingerprint density at radius 3 is 0.655 bits per heavy atom. The van der Waals surface area contributed by atoms with Crippen molar-refractivity contribution < 1.29 is 109 Å². The Morgan fingerprint density at radius 1 is 0.483 bits per heavy atom. The minimum Gasteiger partial charge on any atom is -0.550 e. The topological polar surface area (TPSA) is 301 Å². The fourth-order valence-electron chi connectivity index (χ4n) is 0.724. The summed E-state index contributed by atoms with van der Waals surface area (Å²) in [5.74, 6) is -10.3. The van der Waals surface area contributed by atoms with Crippen LogP contribution in [0, 0.1) is 0 Å². The molecule has 15 nitrogen and oxygen atoms in total. The van der Waals surface area contributed by atoms with Crippen LogP contribution in [-0.4, -0.2) is 69.4 Å². The molecule has 0 fully saturated rings. The molecule has 0 heterocycles. The third kappa shape index (κ3) is 30.7. The predicted molar refractivity (Wildman–Crippen MR) is 61.9 cm³/mol. The van der Waals surface area contributed by atoms with E-state index < -0.39 is 73.4 Å². The molecule has 166 valence electrons. The average molecular weight is 508 g/mol. The molecule has 0 aromatic carbocycles. The molecule has 0 aromatic heterocycles. The summed E-state index contributed by atoms with van der Waals surface area (Å²) in [6.45, 7) is 0. The quantitative estimate of drug-likeness (QED) is 0.244. The summed E-state index contributed by atoms with van der Waals surface area (Å²) >= 11 is 0. The molecule has 0 aliphatic rings. The molecule has 0 saturated carbocycles. The zero-order valence-electron chi connectivity index (χ0n) is 13.8. The number of rotatable bonds is 9. The largest absolute Gasteiger partial charge is 3.00 e. The summed E-state index contributed by atoms with van der Waals surface area (Å²) in [6.07, 6.45) is -8.67. The Labute approximate surface area is 182 Å². The standard InChI is InChI=1S/3C4H6O5.2Fe/c3*5-2(4(8)9)1-3(6)7;;/h3*2,5H,1H2,(H,6,7)(H,8,9);;/q;;;2*+3/p-6. The Morgan fingerprint density at radius 2 is 0.621 bits per heavy atom. The van der Waals surface area contributed by atoms with Gasteiger partial charge in [-0.25, -0.2) is 0 Å². The molecular formula is C12H12Fe2O15. The fraction of sp³-hybridized carbons (Fsp3) is 0.500. The molecule has 3 N–H and O–H groups in total. The first-order chi connectivity index (χ1) is 12.1. The van der Waals surface area contributed by atoms with Gasteiger partial charge in [0.2, 0.25) is 0 Å². The molecule has 2 radical (unpaired) electrons. The number of aliphatic hydroxyl groups is 3. The second-order valence-electron chi connectivity index (χ2n) is 4.23. The van der Waals surface area contributed by atoms with Gasteiger partial charge in [0.1, 0.15) is 0 Å². The van der Waals surface area contributed by atoms with E-state index in [2.05, 4.69) is 0 Å². The molecule has 3 atom stereocenters. The smallest absolute Gasteiger partial charge is 0.550 e. The van der Waals surface area contributed by atoms with Crippen molar-refractivity contribution in [3.05, 3.63) is 0 Å². The van der Waals surface area contributed by atoms with Crippen LogP contribution in [0.5, 0.6) is 0 Å². The SMILES string of the molecule is O=C([O-])CC(O)C(=O)[O-].O=C([O-])CC(O)C(=O)[O-].O=C([O-])CC(O)C(=O)[O-].[Fe+3].[Fe+3]. The van der Waals surface area contributed by atoms with Crippen LogP contribution in [-0.2, 0) is 62.9 Å². The van der Waals surface area contributed by atoms with E-state index in [1.807, 2.05) is 0 Å². The second kappa shape index (κ2) is 20.5. The molecule has 3 unspecified atom stereocenters. The van der Waals surface area contributed by atoms with Crippen LogP contribution >= 0.6 is 0 Å². The summed E-state index contributed by atoms with van der Waals surface area (Å²) in [7, 11) is 0. The normalized spacial score (nSPS) is 11.7. The van der Waals surface area contributed by atoms with E-state index in [1.165, 1.54) is 0 Å². The van der Waals surface area contributed by atoms with Crippen LogP contribution in [0.25, 0.3) is 0 Å². The zero-order valence-corrected chi connectivity index (χ0v) is 16.0. The molecule has 17 heteroatoms. The number of aliphatic hydroxyl groups excluding tert-OH is 3. The van der Waals surface area contributed by atoms with Gasteiger partial charge in [0, 0.05) is 37.2 Å². The number of carbonyl (C=O) groups is 6. The van der Waals surface area contributed by atoms with E-state index in [0.29, 0.717) is 0 Å². The summed E-state index contributed by atoms with van der Waals surface area (Å²) in [4.78, 5) is 57.4. The van der Waals surface area contributed by atoms with Gasteiger partial charge in [0.15, 0.2) is 0 Å². The fourth-order valence-corrected chi connectivity index (χ4v) is 0.724. The van der Waals surface area contributed by atoms with E-state index in [1.54, 1.807) is 0 Å². The van der Waals surface area contributed by atoms with Crippen LogP contribution in [0.2, 0.25) is 0 Å². The van der Waals surface area contributed by atoms with Crippen LogP contribution in [0.15, 0.2) is 0 Å². The maximum atomic E-state index is 9.58. The van der Waals surface area contributed by atoms with Crippen molar-refractivity contribution >= 4 is 35.8 Å². The van der Waals surface area contributed by atoms with Crippen molar-refractivity contribution in [3.8, 4) is 0 Å². The summed E-state index contributed by atoms with van der Waals surface area (Å²) in [6, 6.07) is 0. The number of hydrogen-bond acceptors (Lipinski definition) is 15. The zero-order chi connectivity index (χ0) is 22.3. The molecule has 0 aromatic rings. The molecule has 0 saturated heterocycles. The first-order valence-corrected chi connectivity index (χ1v) is 6.38. The molecule has 29 heavy (non-hydrogen) atoms. The average Bonchev–Trinajstić information content (AvgIpc) is 2.46. The number of carboxylic acid groups (broad SMARTS) is 6. The minimum atomic E-state index is -1.96. The van der Waals surface area contributed by atoms with Gasteiger partial charge in [-0.2, -0.15) is 0 Å². The number of aliphatic carboxylic acids is 6. The van der Waals surface area contributed by atoms with Gasteiger partial charge in [0.25, 0.3) is 0 Å². The molecule has 0 amide bonds. The van der Waals surface area contributed by atoms with Crippen molar-refractivity contribution in [1.82, 2.24) is 0 Å². The maximum absolute atomic E-state index is 9.58. The second-order valence-corrected chi connectivity index (χ2v) is 4.23. The summed E-state index contributed by atoms with van der Waals surface area (Å²) in [5.41, 5.74) is 0. The molecule has 0 aliphatic carbocycles. The Kier molecular flexibility index (Phi) is 26.5. The van der Waals surface area contributed by atoms with E-state index >= 15 is 0 Å². The first kappa shape index (κ1) is 37.5. The Balaban J connectivity index is -0.0000000960. The van der Waals surface area contributed by atoms with E-state index in [4.69, 9.17) is 15.3 Å².